The summed E-state index contributed by atoms with van der Waals surface area (Å²) in [5, 5.41) is 0. The van der Waals surface area contributed by atoms with Gasteiger partial charge in [-0.15, -0.1) is 0 Å². The highest BCUT2D eigenvalue weighted by molar-refractivity contribution is 5.32. The van der Waals surface area contributed by atoms with Gasteiger partial charge in [0.05, 0.1) is 6.54 Å². The van der Waals surface area contributed by atoms with E-state index < -0.39 is 0 Å². The number of ether oxygens (including phenoxy) is 1. The molecule has 0 atom stereocenters. The molecule has 0 aliphatic heterocycles. The van der Waals surface area contributed by atoms with Crippen LogP contribution >= 0.6 is 0 Å². The van der Waals surface area contributed by atoms with Crippen LogP contribution in [0.3, 0.4) is 0 Å². The van der Waals surface area contributed by atoms with Gasteiger partial charge < -0.3 is 4.74 Å². The van der Waals surface area contributed by atoms with E-state index in [1.54, 1.807) is 6.08 Å². The fourth-order valence-electron chi connectivity index (χ4n) is 2.06. The van der Waals surface area contributed by atoms with Crippen LogP contribution in [-0.4, -0.2) is 25.8 Å². The lowest BCUT2D eigenvalue weighted by atomic mass is 10.1. The van der Waals surface area contributed by atoms with Crippen LogP contribution in [0, 0.1) is 0 Å². The Bertz CT molecular complexity index is 213. The molecule has 0 saturated carbocycles. The summed E-state index contributed by atoms with van der Waals surface area (Å²) in [6, 6.07) is 0. The van der Waals surface area contributed by atoms with Gasteiger partial charge in [0.15, 0.2) is 0 Å². The van der Waals surface area contributed by atoms with Crippen molar-refractivity contribution in [2.75, 3.05) is 19.8 Å². The summed E-state index contributed by atoms with van der Waals surface area (Å²) in [4.78, 5) is 13.4. The first-order valence-corrected chi connectivity index (χ1v) is 8.03. The van der Waals surface area contributed by atoms with Crippen LogP contribution in [0.2, 0.25) is 0 Å². The van der Waals surface area contributed by atoms with Gasteiger partial charge in [-0.05, 0) is 19.3 Å². The van der Waals surface area contributed by atoms with E-state index in [9.17, 15) is 4.79 Å². The maximum Gasteiger partial charge on any atom is 0.234 e. The molecule has 3 nitrogen and oxygen atoms in total. The Hall–Kier alpha value is -0.660. The quantitative estimate of drug-likeness (QED) is 0.246. The van der Waals surface area contributed by atoms with Crippen LogP contribution < -0.4 is 0 Å². The predicted molar refractivity (Wildman–Crippen MR) is 80.3 cm³/mol. The van der Waals surface area contributed by atoms with Gasteiger partial charge in [-0.2, -0.15) is 0 Å². The largest absolute Gasteiger partial charge is 0.381 e. The number of hydrogen-bond donors (Lipinski definition) is 0. The Labute approximate surface area is 118 Å². The fraction of sp³-hybridized carbons (Fsp3) is 0.938. The number of aliphatic imine (C=N–C) groups is 1. The van der Waals surface area contributed by atoms with Gasteiger partial charge in [0.25, 0.3) is 0 Å². The second-order valence-corrected chi connectivity index (χ2v) is 5.12. The van der Waals surface area contributed by atoms with E-state index in [2.05, 4.69) is 11.9 Å². The second-order valence-electron chi connectivity index (χ2n) is 5.12. The molecule has 0 radical (unpaired) electrons. The third kappa shape index (κ3) is 17.3. The number of hydrogen-bond acceptors (Lipinski definition) is 3. The van der Waals surface area contributed by atoms with E-state index in [-0.39, 0.29) is 0 Å². The topological polar surface area (TPSA) is 38.7 Å². The van der Waals surface area contributed by atoms with Crippen molar-refractivity contribution >= 4 is 6.08 Å². The minimum atomic E-state index is 0.643. The molecule has 0 spiro atoms. The minimum Gasteiger partial charge on any atom is -0.381 e. The molecule has 112 valence electrons. The molecule has 0 saturated heterocycles. The maximum absolute atomic E-state index is 9.83. The van der Waals surface area contributed by atoms with Crippen LogP contribution in [0.5, 0.6) is 0 Å². The Balaban J connectivity index is 2.93. The first-order chi connectivity index (χ1) is 9.41. The summed E-state index contributed by atoms with van der Waals surface area (Å²) in [5.41, 5.74) is 0. The molecular formula is C16H31NO2. The number of nitrogens with zero attached hydrogens (tertiary/aromatic N) is 1. The summed E-state index contributed by atoms with van der Waals surface area (Å²) in [6.07, 6.45) is 15.3. The molecule has 3 heteroatoms. The number of isocyanates is 1. The fourth-order valence-corrected chi connectivity index (χ4v) is 2.06. The van der Waals surface area contributed by atoms with Crippen molar-refractivity contribution in [3.63, 3.8) is 0 Å². The zero-order valence-electron chi connectivity index (χ0n) is 12.7. The lowest BCUT2D eigenvalue weighted by Gasteiger charge is -2.04. The van der Waals surface area contributed by atoms with Crippen LogP contribution in [0.1, 0.15) is 77.6 Å². The molecule has 0 bridgehead atoms. The SMILES string of the molecule is CCCCCCCOCCCCCCCCN=C=O. The molecular weight excluding hydrogens is 238 g/mol. The van der Waals surface area contributed by atoms with Crippen molar-refractivity contribution < 1.29 is 9.53 Å². The molecule has 0 aromatic heterocycles. The predicted octanol–water partition coefficient (Wildman–Crippen LogP) is 4.65. The average Bonchev–Trinajstić information content (AvgIpc) is 2.43. The molecule has 19 heavy (non-hydrogen) atoms. The first kappa shape index (κ1) is 18.3. The monoisotopic (exact) mass is 269 g/mol. The van der Waals surface area contributed by atoms with E-state index in [0.29, 0.717) is 6.54 Å². The molecule has 0 heterocycles. The molecule has 0 rings (SSSR count). The van der Waals surface area contributed by atoms with E-state index >= 15 is 0 Å². The summed E-state index contributed by atoms with van der Waals surface area (Å²) in [7, 11) is 0. The molecule has 0 N–H and O–H groups in total. The highest BCUT2D eigenvalue weighted by Gasteiger charge is 1.93. The molecule has 0 aromatic carbocycles. The van der Waals surface area contributed by atoms with Gasteiger partial charge >= 0.3 is 0 Å². The minimum absolute atomic E-state index is 0.643. The van der Waals surface area contributed by atoms with E-state index in [1.165, 1.54) is 64.2 Å². The van der Waals surface area contributed by atoms with Crippen molar-refractivity contribution in [2.24, 2.45) is 4.99 Å². The second kappa shape index (κ2) is 17.3. The van der Waals surface area contributed by atoms with Crippen molar-refractivity contribution in [3.8, 4) is 0 Å². The normalized spacial score (nSPS) is 10.4. The summed E-state index contributed by atoms with van der Waals surface area (Å²) < 4.78 is 5.62. The smallest absolute Gasteiger partial charge is 0.234 e. The van der Waals surface area contributed by atoms with Gasteiger partial charge in [0.2, 0.25) is 6.08 Å². The Morgan fingerprint density at radius 3 is 1.89 bits per heavy atom. The first-order valence-electron chi connectivity index (χ1n) is 8.03. The zero-order chi connectivity index (χ0) is 14.0. The van der Waals surface area contributed by atoms with Gasteiger partial charge in [0.1, 0.15) is 0 Å². The molecule has 0 aliphatic rings. The van der Waals surface area contributed by atoms with E-state index in [0.717, 1.165) is 19.6 Å². The van der Waals surface area contributed by atoms with Crippen LogP contribution in [-0.2, 0) is 9.53 Å². The lowest BCUT2D eigenvalue weighted by molar-refractivity contribution is 0.125. The third-order valence-electron chi connectivity index (χ3n) is 3.27. The summed E-state index contributed by atoms with van der Waals surface area (Å²) in [5.74, 6) is 0. The van der Waals surface area contributed by atoms with Gasteiger partial charge in [-0.1, -0.05) is 58.3 Å². The Morgan fingerprint density at radius 2 is 1.32 bits per heavy atom. The van der Waals surface area contributed by atoms with Crippen LogP contribution in [0.15, 0.2) is 4.99 Å². The van der Waals surface area contributed by atoms with Crippen molar-refractivity contribution in [1.82, 2.24) is 0 Å². The van der Waals surface area contributed by atoms with Crippen LogP contribution in [0.25, 0.3) is 0 Å². The van der Waals surface area contributed by atoms with E-state index in [1.807, 2.05) is 0 Å². The molecule has 0 fully saturated rings. The zero-order valence-corrected chi connectivity index (χ0v) is 12.7. The third-order valence-corrected chi connectivity index (χ3v) is 3.27. The van der Waals surface area contributed by atoms with Gasteiger partial charge in [0, 0.05) is 13.2 Å². The number of carbonyl (C=O) groups excluding carboxylic acids is 1. The average molecular weight is 269 g/mol. The maximum atomic E-state index is 9.83. The Kier molecular flexibility index (Phi) is 16.7. The van der Waals surface area contributed by atoms with Gasteiger partial charge in [-0.3, -0.25) is 0 Å². The highest BCUT2D eigenvalue weighted by Crippen LogP contribution is 2.06. The van der Waals surface area contributed by atoms with Gasteiger partial charge in [-0.25, -0.2) is 9.79 Å². The number of rotatable bonds is 15. The van der Waals surface area contributed by atoms with Crippen molar-refractivity contribution in [3.05, 3.63) is 0 Å². The summed E-state index contributed by atoms with van der Waals surface area (Å²) in [6.45, 7) is 4.74. The molecule has 0 aliphatic carbocycles. The number of unbranched alkanes of at least 4 members (excludes halogenated alkanes) is 9. The van der Waals surface area contributed by atoms with Crippen molar-refractivity contribution in [2.45, 2.75) is 77.6 Å². The molecule has 0 amide bonds. The standard InChI is InChI=1S/C16H31NO2/c1-2-3-4-8-11-14-19-15-12-9-6-5-7-10-13-17-16-18/h2-15H2,1H3. The molecule has 0 aromatic rings. The lowest BCUT2D eigenvalue weighted by Crippen LogP contribution is -1.97. The molecule has 0 unspecified atom stereocenters. The highest BCUT2D eigenvalue weighted by atomic mass is 16.5. The summed E-state index contributed by atoms with van der Waals surface area (Å²) >= 11 is 0. The van der Waals surface area contributed by atoms with Crippen LogP contribution in [0.4, 0.5) is 0 Å². The van der Waals surface area contributed by atoms with E-state index in [4.69, 9.17) is 4.74 Å². The van der Waals surface area contributed by atoms with Crippen molar-refractivity contribution in [1.29, 1.82) is 0 Å². The Morgan fingerprint density at radius 1 is 0.789 bits per heavy atom.